The van der Waals surface area contributed by atoms with Gasteiger partial charge >= 0.3 is 11.9 Å². The molecule has 0 aromatic heterocycles. The fraction of sp³-hybridized carbons (Fsp3) is 0.250. The summed E-state index contributed by atoms with van der Waals surface area (Å²) >= 11 is 0. The van der Waals surface area contributed by atoms with Crippen LogP contribution in [0.1, 0.15) is 12.8 Å². The van der Waals surface area contributed by atoms with Crippen molar-refractivity contribution in [1.82, 2.24) is 0 Å². The monoisotopic (exact) mass is 200 g/mol. The minimum Gasteiger partial charge on any atom is -0.481 e. The number of rotatable bonds is 6. The lowest BCUT2D eigenvalue weighted by Crippen LogP contribution is -2.10. The highest BCUT2D eigenvalue weighted by atomic mass is 16.4. The summed E-state index contributed by atoms with van der Waals surface area (Å²) in [4.78, 5) is 41.5. The number of Topliss-reactive ketones (excluding diaryl/α,β-unsaturated/α-hetero) is 1. The maximum atomic E-state index is 10.8. The average Bonchev–Trinajstić information content (AvgIpc) is 1.98. The van der Waals surface area contributed by atoms with E-state index in [-0.39, 0.29) is 0 Å². The summed E-state index contributed by atoms with van der Waals surface area (Å²) in [5.41, 5.74) is 0. The van der Waals surface area contributed by atoms with Gasteiger partial charge in [0.1, 0.15) is 6.42 Å². The molecule has 0 fully saturated rings. The maximum absolute atomic E-state index is 10.8. The molecule has 0 radical (unpaired) electrons. The number of allylic oxidation sites excluding steroid dienone is 1. The summed E-state index contributed by atoms with van der Waals surface area (Å²) in [6.07, 6.45) is 0.00119. The molecule has 6 heteroatoms. The molecule has 0 aromatic carbocycles. The lowest BCUT2D eigenvalue weighted by Gasteiger charge is -1.92. The molecule has 0 unspecified atom stereocenters. The molecule has 0 spiro atoms. The van der Waals surface area contributed by atoms with Gasteiger partial charge in [-0.1, -0.05) is 0 Å². The number of hydrogen-bond acceptors (Lipinski definition) is 4. The molecule has 6 nitrogen and oxygen atoms in total. The van der Waals surface area contributed by atoms with Crippen LogP contribution in [0, 0.1) is 0 Å². The number of carboxylic acid groups (broad SMARTS) is 2. The summed E-state index contributed by atoms with van der Waals surface area (Å²) in [6.45, 7) is 0. The normalized spacial score (nSPS) is 10.0. The van der Waals surface area contributed by atoms with Crippen LogP contribution in [0.5, 0.6) is 0 Å². The molecule has 0 heterocycles. The van der Waals surface area contributed by atoms with Gasteiger partial charge in [0.15, 0.2) is 11.6 Å². The molecule has 0 aromatic rings. The molecular weight excluding hydrogens is 192 g/mol. The fourth-order valence-corrected chi connectivity index (χ4v) is 0.649. The summed E-state index contributed by atoms with van der Waals surface area (Å²) in [7, 11) is 0. The molecule has 0 rings (SSSR count). The van der Waals surface area contributed by atoms with Crippen LogP contribution in [-0.4, -0.2) is 33.7 Å². The summed E-state index contributed by atoms with van der Waals surface area (Å²) in [6, 6.07) is 0. The van der Waals surface area contributed by atoms with Crippen molar-refractivity contribution < 1.29 is 29.4 Å². The van der Waals surface area contributed by atoms with E-state index in [0.29, 0.717) is 6.08 Å². The van der Waals surface area contributed by atoms with Crippen LogP contribution in [0.3, 0.4) is 0 Å². The molecule has 0 saturated carbocycles. The second-order valence-corrected chi connectivity index (χ2v) is 2.42. The standard InChI is InChI=1S/C8H8O6/c9-5(1-2-7(11)12)3-6(10)4-8(13)14/h1-2H,3-4H2,(H,11,12)(H,13,14). The smallest absolute Gasteiger partial charge is 0.328 e. The molecule has 76 valence electrons. The summed E-state index contributed by atoms with van der Waals surface area (Å²) < 4.78 is 0. The van der Waals surface area contributed by atoms with Crippen molar-refractivity contribution in [3.63, 3.8) is 0 Å². The van der Waals surface area contributed by atoms with Gasteiger partial charge in [0, 0.05) is 6.08 Å². The van der Waals surface area contributed by atoms with Crippen LogP contribution in [0.4, 0.5) is 0 Å². The van der Waals surface area contributed by atoms with Gasteiger partial charge in [0.25, 0.3) is 0 Å². The third-order valence-electron chi connectivity index (χ3n) is 1.13. The van der Waals surface area contributed by atoms with Gasteiger partial charge in [-0.15, -0.1) is 0 Å². The molecule has 14 heavy (non-hydrogen) atoms. The highest BCUT2D eigenvalue weighted by Gasteiger charge is 2.10. The van der Waals surface area contributed by atoms with Crippen molar-refractivity contribution in [2.24, 2.45) is 0 Å². The van der Waals surface area contributed by atoms with Gasteiger partial charge in [-0.25, -0.2) is 4.79 Å². The number of carboxylic acids is 2. The van der Waals surface area contributed by atoms with Gasteiger partial charge in [-0.3, -0.25) is 14.4 Å². The van der Waals surface area contributed by atoms with Crippen molar-refractivity contribution in [1.29, 1.82) is 0 Å². The first-order valence-electron chi connectivity index (χ1n) is 3.59. The van der Waals surface area contributed by atoms with Crippen LogP contribution in [0.25, 0.3) is 0 Å². The molecule has 0 aliphatic heterocycles. The van der Waals surface area contributed by atoms with E-state index in [4.69, 9.17) is 10.2 Å². The van der Waals surface area contributed by atoms with Crippen LogP contribution in [0.15, 0.2) is 12.2 Å². The Balaban J connectivity index is 4.01. The first-order chi connectivity index (χ1) is 6.41. The molecule has 0 atom stereocenters. The second-order valence-electron chi connectivity index (χ2n) is 2.42. The fourth-order valence-electron chi connectivity index (χ4n) is 0.649. The van der Waals surface area contributed by atoms with E-state index in [1.165, 1.54) is 0 Å². The Hall–Kier alpha value is -1.98. The Bertz CT molecular complexity index is 301. The van der Waals surface area contributed by atoms with Gasteiger partial charge < -0.3 is 10.2 Å². The second kappa shape index (κ2) is 5.63. The predicted octanol–water partition coefficient (Wildman–Crippen LogP) is -0.370. The zero-order valence-electron chi connectivity index (χ0n) is 7.10. The molecule has 0 aliphatic rings. The Morgan fingerprint density at radius 3 is 1.93 bits per heavy atom. The van der Waals surface area contributed by atoms with Crippen LogP contribution < -0.4 is 0 Å². The Labute approximate surface area is 78.8 Å². The van der Waals surface area contributed by atoms with Crippen LogP contribution in [-0.2, 0) is 19.2 Å². The zero-order chi connectivity index (χ0) is 11.1. The molecule has 0 saturated heterocycles. The van der Waals surface area contributed by atoms with E-state index < -0.39 is 36.3 Å². The van der Waals surface area contributed by atoms with Gasteiger partial charge in [-0.05, 0) is 6.08 Å². The van der Waals surface area contributed by atoms with E-state index in [2.05, 4.69) is 0 Å². The predicted molar refractivity (Wildman–Crippen MR) is 43.7 cm³/mol. The minimum absolute atomic E-state index is 0.587. The summed E-state index contributed by atoms with van der Waals surface area (Å²) in [5, 5.41) is 16.3. The first kappa shape index (κ1) is 12.0. The number of aliphatic carboxylic acids is 2. The lowest BCUT2D eigenvalue weighted by atomic mass is 10.1. The van der Waals surface area contributed by atoms with E-state index in [0.717, 1.165) is 6.08 Å². The first-order valence-corrected chi connectivity index (χ1v) is 3.59. The van der Waals surface area contributed by atoms with Crippen molar-refractivity contribution in [2.75, 3.05) is 0 Å². The van der Waals surface area contributed by atoms with Crippen LogP contribution in [0.2, 0.25) is 0 Å². The molecule has 0 aliphatic carbocycles. The molecule has 0 bridgehead atoms. The Morgan fingerprint density at radius 2 is 1.50 bits per heavy atom. The Kier molecular flexibility index (Phi) is 4.83. The topological polar surface area (TPSA) is 109 Å². The van der Waals surface area contributed by atoms with Crippen molar-refractivity contribution in [2.45, 2.75) is 12.8 Å². The molecular formula is C8H8O6. The lowest BCUT2D eigenvalue weighted by molar-refractivity contribution is -0.140. The van der Waals surface area contributed by atoms with E-state index in [1.807, 2.05) is 0 Å². The van der Waals surface area contributed by atoms with E-state index in [9.17, 15) is 19.2 Å². The van der Waals surface area contributed by atoms with Crippen LogP contribution >= 0.6 is 0 Å². The Morgan fingerprint density at radius 1 is 0.929 bits per heavy atom. The van der Waals surface area contributed by atoms with Gasteiger partial charge in [0.05, 0.1) is 6.42 Å². The zero-order valence-corrected chi connectivity index (χ0v) is 7.10. The molecule has 0 amide bonds. The highest BCUT2D eigenvalue weighted by molar-refractivity contribution is 6.09. The molecule has 2 N–H and O–H groups in total. The number of ketones is 2. The van der Waals surface area contributed by atoms with Crippen molar-refractivity contribution in [3.8, 4) is 0 Å². The third kappa shape index (κ3) is 6.71. The highest BCUT2D eigenvalue weighted by Crippen LogP contribution is 1.93. The third-order valence-corrected chi connectivity index (χ3v) is 1.13. The van der Waals surface area contributed by atoms with E-state index in [1.54, 1.807) is 0 Å². The minimum atomic E-state index is -1.31. The van der Waals surface area contributed by atoms with Crippen molar-refractivity contribution >= 4 is 23.5 Å². The largest absolute Gasteiger partial charge is 0.481 e. The van der Waals surface area contributed by atoms with Gasteiger partial charge in [-0.2, -0.15) is 0 Å². The quantitative estimate of drug-likeness (QED) is 0.447. The summed E-state index contributed by atoms with van der Waals surface area (Å²) in [5.74, 6) is -4.09. The average molecular weight is 200 g/mol. The SMILES string of the molecule is O=C(O)C=CC(=O)CC(=O)CC(=O)O. The van der Waals surface area contributed by atoms with E-state index >= 15 is 0 Å². The van der Waals surface area contributed by atoms with Crippen molar-refractivity contribution in [3.05, 3.63) is 12.2 Å². The number of hydrogen-bond donors (Lipinski definition) is 2. The van der Waals surface area contributed by atoms with Gasteiger partial charge in [0.2, 0.25) is 0 Å². The number of carbonyl (C=O) groups is 4. The maximum Gasteiger partial charge on any atom is 0.328 e. The number of carbonyl (C=O) groups excluding carboxylic acids is 2.